The van der Waals surface area contributed by atoms with Gasteiger partial charge in [-0.3, -0.25) is 9.59 Å². The fourth-order valence-corrected chi connectivity index (χ4v) is 1.80. The van der Waals surface area contributed by atoms with Crippen LogP contribution in [-0.2, 0) is 14.3 Å². The van der Waals surface area contributed by atoms with Gasteiger partial charge < -0.3 is 20.7 Å². The molecule has 0 aromatic heterocycles. The van der Waals surface area contributed by atoms with Crippen LogP contribution in [-0.4, -0.2) is 57.1 Å². The van der Waals surface area contributed by atoms with Crippen LogP contribution in [0.5, 0.6) is 0 Å². The molecule has 0 aromatic rings. The van der Waals surface area contributed by atoms with E-state index < -0.39 is 0 Å². The second kappa shape index (κ2) is 10.8. The number of carbonyl (C=O) groups is 2. The number of ether oxygens (including phenoxy) is 1. The lowest BCUT2D eigenvalue weighted by Crippen LogP contribution is -2.42. The topological polar surface area (TPSA) is 84.7 Å². The van der Waals surface area contributed by atoms with Crippen LogP contribution in [0.1, 0.15) is 26.2 Å². The molecule has 6 heteroatoms. The van der Waals surface area contributed by atoms with Gasteiger partial charge in [0.25, 0.3) is 0 Å². The molecule has 3 N–H and O–H groups in total. The summed E-state index contributed by atoms with van der Waals surface area (Å²) in [7, 11) is 3.25. The van der Waals surface area contributed by atoms with Crippen molar-refractivity contribution in [3.8, 4) is 0 Å². The van der Waals surface area contributed by atoms with Crippen LogP contribution in [0.4, 0.5) is 0 Å². The number of nitrogens with zero attached hydrogens (tertiary/aromatic N) is 1. The SMILES string of the molecule is CCCC(CN)C(=O)N(C)CC(=O)NCCCOC. The van der Waals surface area contributed by atoms with Crippen LogP contribution >= 0.6 is 0 Å². The molecule has 0 aromatic carbocycles. The first kappa shape index (κ1) is 17.9. The molecule has 0 aliphatic carbocycles. The van der Waals surface area contributed by atoms with Crippen LogP contribution in [0.2, 0.25) is 0 Å². The average Bonchev–Trinajstić information content (AvgIpc) is 2.40. The normalized spacial score (nSPS) is 12.0. The zero-order valence-electron chi connectivity index (χ0n) is 12.3. The molecular weight excluding hydrogens is 246 g/mol. The summed E-state index contributed by atoms with van der Waals surface area (Å²) < 4.78 is 4.89. The highest BCUT2D eigenvalue weighted by molar-refractivity contribution is 5.85. The minimum atomic E-state index is -0.184. The molecule has 0 saturated heterocycles. The molecule has 0 saturated carbocycles. The Balaban J connectivity index is 4.02. The number of nitrogens with one attached hydrogen (secondary N) is 1. The maximum atomic E-state index is 12.0. The molecule has 2 amide bonds. The molecule has 0 heterocycles. The minimum absolute atomic E-state index is 0.0589. The van der Waals surface area contributed by atoms with E-state index in [0.717, 1.165) is 19.3 Å². The van der Waals surface area contributed by atoms with Gasteiger partial charge in [-0.1, -0.05) is 13.3 Å². The number of amides is 2. The molecule has 6 nitrogen and oxygen atoms in total. The van der Waals surface area contributed by atoms with Crippen LogP contribution in [0.25, 0.3) is 0 Å². The fraction of sp³-hybridized carbons (Fsp3) is 0.846. The Kier molecular flexibility index (Phi) is 10.1. The van der Waals surface area contributed by atoms with E-state index in [1.54, 1.807) is 14.2 Å². The van der Waals surface area contributed by atoms with Crippen molar-refractivity contribution < 1.29 is 14.3 Å². The van der Waals surface area contributed by atoms with Gasteiger partial charge in [-0.05, 0) is 12.8 Å². The second-order valence-electron chi connectivity index (χ2n) is 4.61. The first-order valence-corrected chi connectivity index (χ1v) is 6.77. The maximum Gasteiger partial charge on any atom is 0.239 e. The number of carbonyl (C=O) groups excluding carboxylic acids is 2. The number of likely N-dealkylation sites (N-methyl/N-ethyl adjacent to an activating group) is 1. The van der Waals surface area contributed by atoms with E-state index in [1.807, 2.05) is 6.92 Å². The van der Waals surface area contributed by atoms with Crippen molar-refractivity contribution in [1.29, 1.82) is 0 Å². The largest absolute Gasteiger partial charge is 0.385 e. The molecule has 0 fully saturated rings. The third-order valence-electron chi connectivity index (χ3n) is 2.88. The van der Waals surface area contributed by atoms with E-state index in [2.05, 4.69) is 5.32 Å². The molecule has 0 aliphatic rings. The summed E-state index contributed by atoms with van der Waals surface area (Å²) in [6, 6.07) is 0. The van der Waals surface area contributed by atoms with E-state index >= 15 is 0 Å². The van der Waals surface area contributed by atoms with Gasteiger partial charge in [-0.25, -0.2) is 0 Å². The predicted octanol–water partition coefficient (Wildman–Crippen LogP) is -0.0275. The van der Waals surface area contributed by atoms with E-state index in [1.165, 1.54) is 4.90 Å². The summed E-state index contributed by atoms with van der Waals surface area (Å²) >= 11 is 0. The third kappa shape index (κ3) is 7.79. The molecular formula is C13H27N3O3. The Morgan fingerprint density at radius 1 is 1.42 bits per heavy atom. The highest BCUT2D eigenvalue weighted by Gasteiger charge is 2.21. The quantitative estimate of drug-likeness (QED) is 0.548. The molecule has 0 spiro atoms. The molecule has 112 valence electrons. The Labute approximate surface area is 115 Å². The second-order valence-corrected chi connectivity index (χ2v) is 4.61. The highest BCUT2D eigenvalue weighted by atomic mass is 16.5. The van der Waals surface area contributed by atoms with Crippen molar-refractivity contribution in [2.45, 2.75) is 26.2 Å². The third-order valence-corrected chi connectivity index (χ3v) is 2.88. The van der Waals surface area contributed by atoms with Crippen LogP contribution in [0, 0.1) is 5.92 Å². The summed E-state index contributed by atoms with van der Waals surface area (Å²) in [5.41, 5.74) is 5.58. The molecule has 0 rings (SSSR count). The zero-order valence-corrected chi connectivity index (χ0v) is 12.3. The fourth-order valence-electron chi connectivity index (χ4n) is 1.80. The Morgan fingerprint density at radius 3 is 2.63 bits per heavy atom. The van der Waals surface area contributed by atoms with Crippen LogP contribution in [0.3, 0.4) is 0 Å². The summed E-state index contributed by atoms with van der Waals surface area (Å²) in [4.78, 5) is 25.1. The Hall–Kier alpha value is -1.14. The first-order chi connectivity index (χ1) is 9.06. The maximum absolute atomic E-state index is 12.0. The van der Waals surface area contributed by atoms with Gasteiger partial charge in [0.2, 0.25) is 11.8 Å². The standard InChI is InChI=1S/C13H27N3O3/c1-4-6-11(9-14)13(18)16(2)10-12(17)15-7-5-8-19-3/h11H,4-10,14H2,1-3H3,(H,15,17). The molecule has 19 heavy (non-hydrogen) atoms. The van der Waals surface area contributed by atoms with Gasteiger partial charge in [0.05, 0.1) is 12.5 Å². The van der Waals surface area contributed by atoms with E-state index in [0.29, 0.717) is 19.7 Å². The van der Waals surface area contributed by atoms with E-state index in [4.69, 9.17) is 10.5 Å². The van der Waals surface area contributed by atoms with Gasteiger partial charge >= 0.3 is 0 Å². The summed E-state index contributed by atoms with van der Waals surface area (Å²) in [6.45, 7) is 3.59. The lowest BCUT2D eigenvalue weighted by atomic mass is 10.0. The van der Waals surface area contributed by atoms with Crippen LogP contribution < -0.4 is 11.1 Å². The monoisotopic (exact) mass is 273 g/mol. The lowest BCUT2D eigenvalue weighted by Gasteiger charge is -2.22. The number of nitrogens with two attached hydrogens (primary N) is 1. The zero-order chi connectivity index (χ0) is 14.7. The number of methoxy groups -OCH3 is 1. The van der Waals surface area contributed by atoms with Crippen molar-refractivity contribution in [3.05, 3.63) is 0 Å². The number of hydrogen-bond donors (Lipinski definition) is 2. The Bertz CT molecular complexity index is 272. The molecule has 0 bridgehead atoms. The average molecular weight is 273 g/mol. The molecule has 1 unspecified atom stereocenters. The van der Waals surface area contributed by atoms with Crippen molar-refractivity contribution >= 4 is 11.8 Å². The van der Waals surface area contributed by atoms with Crippen LogP contribution in [0.15, 0.2) is 0 Å². The molecule has 0 aliphatic heterocycles. The van der Waals surface area contributed by atoms with Gasteiger partial charge in [0, 0.05) is 33.9 Å². The number of rotatable bonds is 10. The first-order valence-electron chi connectivity index (χ1n) is 6.77. The predicted molar refractivity (Wildman–Crippen MR) is 74.6 cm³/mol. The van der Waals surface area contributed by atoms with E-state index in [-0.39, 0.29) is 24.3 Å². The highest BCUT2D eigenvalue weighted by Crippen LogP contribution is 2.07. The van der Waals surface area contributed by atoms with E-state index in [9.17, 15) is 9.59 Å². The molecule has 0 radical (unpaired) electrons. The summed E-state index contributed by atoms with van der Waals surface area (Å²) in [6.07, 6.45) is 2.43. The summed E-state index contributed by atoms with van der Waals surface area (Å²) in [5.74, 6) is -0.396. The van der Waals surface area contributed by atoms with Crippen molar-refractivity contribution in [2.24, 2.45) is 11.7 Å². The van der Waals surface area contributed by atoms with Gasteiger partial charge in [0.15, 0.2) is 0 Å². The van der Waals surface area contributed by atoms with Gasteiger partial charge in [0.1, 0.15) is 0 Å². The van der Waals surface area contributed by atoms with Gasteiger partial charge in [-0.2, -0.15) is 0 Å². The Morgan fingerprint density at radius 2 is 2.11 bits per heavy atom. The van der Waals surface area contributed by atoms with Crippen molar-refractivity contribution in [3.63, 3.8) is 0 Å². The van der Waals surface area contributed by atoms with Crippen molar-refractivity contribution in [2.75, 3.05) is 40.4 Å². The van der Waals surface area contributed by atoms with Crippen molar-refractivity contribution in [1.82, 2.24) is 10.2 Å². The smallest absolute Gasteiger partial charge is 0.239 e. The molecule has 1 atom stereocenters. The van der Waals surface area contributed by atoms with Gasteiger partial charge in [-0.15, -0.1) is 0 Å². The minimum Gasteiger partial charge on any atom is -0.385 e. The summed E-state index contributed by atoms with van der Waals surface area (Å²) in [5, 5.41) is 2.75. The number of hydrogen-bond acceptors (Lipinski definition) is 4. The lowest BCUT2D eigenvalue weighted by molar-refractivity contribution is -0.138.